The van der Waals surface area contributed by atoms with Crippen LogP contribution in [0.3, 0.4) is 0 Å². The zero-order valence-electron chi connectivity index (χ0n) is 15.8. The fourth-order valence-electron chi connectivity index (χ4n) is 2.73. The minimum absolute atomic E-state index is 0.0833. The minimum atomic E-state index is -0.876. The molecule has 0 heterocycles. The highest BCUT2D eigenvalue weighted by atomic mass is 35.5. The molecule has 0 aliphatic carbocycles. The first-order chi connectivity index (χ1) is 13.7. The molecule has 2 aromatic carbocycles. The number of aryl methyl sites for hydroxylation is 2. The van der Waals surface area contributed by atoms with Crippen molar-refractivity contribution in [2.45, 2.75) is 20.3 Å². The summed E-state index contributed by atoms with van der Waals surface area (Å²) in [5.74, 6) is -1.38. The number of nitro groups is 1. The van der Waals surface area contributed by atoms with Crippen LogP contribution in [-0.4, -0.2) is 30.0 Å². The largest absolute Gasteiger partial charge is 0.452 e. The SMILES string of the molecule is Cc1cc(C)cc(N(CCC#N)C(=O)COC(=O)c2ccc([N+](=O)[O-])cc2Cl)c1. The number of carbonyl (C=O) groups excluding carboxylic acids is 2. The van der Waals surface area contributed by atoms with Gasteiger partial charge in [-0.15, -0.1) is 0 Å². The third kappa shape index (κ3) is 5.77. The number of hydrogen-bond donors (Lipinski definition) is 0. The van der Waals surface area contributed by atoms with Crippen molar-refractivity contribution in [1.29, 1.82) is 5.26 Å². The van der Waals surface area contributed by atoms with Crippen molar-refractivity contribution in [1.82, 2.24) is 0 Å². The molecule has 2 aromatic rings. The summed E-state index contributed by atoms with van der Waals surface area (Å²) >= 11 is 5.91. The number of nitriles is 1. The zero-order valence-corrected chi connectivity index (χ0v) is 16.6. The number of benzene rings is 2. The maximum absolute atomic E-state index is 12.7. The van der Waals surface area contributed by atoms with Crippen molar-refractivity contribution in [3.8, 4) is 6.07 Å². The summed E-state index contributed by atoms with van der Waals surface area (Å²) in [4.78, 5) is 36.4. The van der Waals surface area contributed by atoms with Gasteiger partial charge < -0.3 is 9.64 Å². The molecule has 9 heteroatoms. The molecule has 1 amide bonds. The van der Waals surface area contributed by atoms with E-state index < -0.39 is 23.4 Å². The van der Waals surface area contributed by atoms with E-state index in [4.69, 9.17) is 21.6 Å². The molecule has 29 heavy (non-hydrogen) atoms. The summed E-state index contributed by atoms with van der Waals surface area (Å²) in [6, 6.07) is 10.9. The smallest absolute Gasteiger partial charge is 0.340 e. The first kappa shape index (κ1) is 21.9. The van der Waals surface area contributed by atoms with E-state index in [1.165, 1.54) is 11.0 Å². The number of rotatable bonds is 7. The molecule has 0 unspecified atom stereocenters. The molecule has 8 nitrogen and oxygen atoms in total. The summed E-state index contributed by atoms with van der Waals surface area (Å²) in [7, 11) is 0. The van der Waals surface area contributed by atoms with E-state index in [9.17, 15) is 19.7 Å². The average molecular weight is 416 g/mol. The molecule has 0 aliphatic heterocycles. The number of non-ortho nitro benzene ring substituents is 1. The van der Waals surface area contributed by atoms with Gasteiger partial charge in [0, 0.05) is 24.4 Å². The molecule has 0 saturated heterocycles. The Labute approximate surface area is 172 Å². The van der Waals surface area contributed by atoms with Gasteiger partial charge in [-0.3, -0.25) is 14.9 Å². The first-order valence-corrected chi connectivity index (χ1v) is 8.97. The van der Waals surface area contributed by atoms with Gasteiger partial charge in [0.15, 0.2) is 6.61 Å². The lowest BCUT2D eigenvalue weighted by molar-refractivity contribution is -0.384. The van der Waals surface area contributed by atoms with Crippen molar-refractivity contribution in [2.24, 2.45) is 0 Å². The van der Waals surface area contributed by atoms with Gasteiger partial charge in [0.25, 0.3) is 11.6 Å². The number of anilines is 1. The van der Waals surface area contributed by atoms with E-state index in [1.54, 1.807) is 12.1 Å². The topological polar surface area (TPSA) is 114 Å². The van der Waals surface area contributed by atoms with Crippen LogP contribution in [0, 0.1) is 35.3 Å². The Kier molecular flexibility index (Phi) is 7.28. The lowest BCUT2D eigenvalue weighted by atomic mass is 10.1. The lowest BCUT2D eigenvalue weighted by Crippen LogP contribution is -2.35. The van der Waals surface area contributed by atoms with Gasteiger partial charge in [-0.1, -0.05) is 17.7 Å². The van der Waals surface area contributed by atoms with Crippen LogP contribution in [0.25, 0.3) is 0 Å². The maximum Gasteiger partial charge on any atom is 0.340 e. The van der Waals surface area contributed by atoms with Crippen molar-refractivity contribution in [3.05, 3.63) is 68.2 Å². The highest BCUT2D eigenvalue weighted by Crippen LogP contribution is 2.23. The quantitative estimate of drug-likeness (QED) is 0.384. The minimum Gasteiger partial charge on any atom is -0.452 e. The van der Waals surface area contributed by atoms with Gasteiger partial charge in [0.2, 0.25) is 0 Å². The Balaban J connectivity index is 2.14. The molecule has 0 atom stereocenters. The number of nitrogens with zero attached hydrogens (tertiary/aromatic N) is 3. The summed E-state index contributed by atoms with van der Waals surface area (Å²) in [6.07, 6.45) is 0.112. The Morgan fingerprint density at radius 2 is 1.86 bits per heavy atom. The van der Waals surface area contributed by atoms with Gasteiger partial charge in [-0.05, 0) is 43.2 Å². The number of halogens is 1. The van der Waals surface area contributed by atoms with Gasteiger partial charge in [0.1, 0.15) is 0 Å². The number of amides is 1. The zero-order chi connectivity index (χ0) is 21.6. The van der Waals surface area contributed by atoms with Crippen molar-refractivity contribution in [2.75, 3.05) is 18.1 Å². The lowest BCUT2D eigenvalue weighted by Gasteiger charge is -2.22. The van der Waals surface area contributed by atoms with Crippen LogP contribution in [0.2, 0.25) is 5.02 Å². The van der Waals surface area contributed by atoms with E-state index in [2.05, 4.69) is 0 Å². The predicted molar refractivity (Wildman–Crippen MR) is 107 cm³/mol. The normalized spacial score (nSPS) is 10.1. The monoisotopic (exact) mass is 415 g/mol. The molecule has 2 rings (SSSR count). The predicted octanol–water partition coefficient (Wildman–Crippen LogP) is 3.97. The third-order valence-corrected chi connectivity index (χ3v) is 4.29. The fourth-order valence-corrected chi connectivity index (χ4v) is 2.98. The first-order valence-electron chi connectivity index (χ1n) is 8.59. The van der Waals surface area contributed by atoms with Gasteiger partial charge >= 0.3 is 5.97 Å². The maximum atomic E-state index is 12.7. The Morgan fingerprint density at radius 1 is 1.21 bits per heavy atom. The molecule has 0 aromatic heterocycles. The number of esters is 1. The second kappa shape index (κ2) is 9.66. The second-order valence-electron chi connectivity index (χ2n) is 6.30. The number of hydrogen-bond acceptors (Lipinski definition) is 6. The van der Waals surface area contributed by atoms with Crippen LogP contribution in [0.5, 0.6) is 0 Å². The van der Waals surface area contributed by atoms with Crippen LogP contribution in [0.4, 0.5) is 11.4 Å². The molecular weight excluding hydrogens is 398 g/mol. The third-order valence-electron chi connectivity index (χ3n) is 3.98. The second-order valence-corrected chi connectivity index (χ2v) is 6.70. The highest BCUT2D eigenvalue weighted by molar-refractivity contribution is 6.33. The van der Waals surface area contributed by atoms with E-state index in [-0.39, 0.29) is 29.2 Å². The summed E-state index contributed by atoms with van der Waals surface area (Å²) in [5.41, 5.74) is 2.15. The fraction of sp³-hybridized carbons (Fsp3) is 0.250. The van der Waals surface area contributed by atoms with E-state index in [0.29, 0.717) is 5.69 Å². The Bertz CT molecular complexity index is 980. The summed E-state index contributed by atoms with van der Waals surface area (Å²) in [5, 5.41) is 19.5. The van der Waals surface area contributed by atoms with Crippen LogP contribution in [0.1, 0.15) is 27.9 Å². The average Bonchev–Trinajstić information content (AvgIpc) is 2.65. The van der Waals surface area contributed by atoms with Gasteiger partial charge in [-0.25, -0.2) is 4.79 Å². The molecule has 0 spiro atoms. The Morgan fingerprint density at radius 3 is 2.41 bits per heavy atom. The molecule has 0 fully saturated rings. The number of nitro benzene ring substituents is 1. The van der Waals surface area contributed by atoms with Crippen LogP contribution >= 0.6 is 11.6 Å². The standard InChI is InChI=1S/C20H18ClN3O5/c1-13-8-14(2)10-16(9-13)23(7-3-6-22)19(25)12-29-20(26)17-5-4-15(24(27)28)11-18(17)21/h4-5,8-11H,3,7,12H2,1-2H3. The van der Waals surface area contributed by atoms with Crippen LogP contribution in [0.15, 0.2) is 36.4 Å². The molecular formula is C20H18ClN3O5. The van der Waals surface area contributed by atoms with E-state index in [1.807, 2.05) is 26.0 Å². The van der Waals surface area contributed by atoms with Crippen molar-refractivity contribution in [3.63, 3.8) is 0 Å². The van der Waals surface area contributed by atoms with E-state index in [0.717, 1.165) is 23.3 Å². The van der Waals surface area contributed by atoms with Gasteiger partial charge in [0.05, 0.1) is 28.0 Å². The van der Waals surface area contributed by atoms with Crippen molar-refractivity contribution < 1.29 is 19.2 Å². The molecule has 0 saturated carbocycles. The summed E-state index contributed by atoms with van der Waals surface area (Å²) < 4.78 is 5.05. The van der Waals surface area contributed by atoms with E-state index >= 15 is 0 Å². The molecule has 0 bridgehead atoms. The van der Waals surface area contributed by atoms with Gasteiger partial charge in [-0.2, -0.15) is 5.26 Å². The molecule has 0 N–H and O–H groups in total. The molecule has 0 aliphatic rings. The van der Waals surface area contributed by atoms with Crippen LogP contribution in [-0.2, 0) is 9.53 Å². The summed E-state index contributed by atoms with van der Waals surface area (Å²) in [6.45, 7) is 3.36. The Hall–Kier alpha value is -3.44. The number of carbonyl (C=O) groups is 2. The van der Waals surface area contributed by atoms with Crippen molar-refractivity contribution >= 4 is 34.9 Å². The number of ether oxygens (including phenoxy) is 1. The van der Waals surface area contributed by atoms with Crippen LogP contribution < -0.4 is 4.90 Å². The highest BCUT2D eigenvalue weighted by Gasteiger charge is 2.21. The molecule has 150 valence electrons. The molecule has 0 radical (unpaired) electrons.